The van der Waals surface area contributed by atoms with E-state index in [2.05, 4.69) is 33.8 Å². The van der Waals surface area contributed by atoms with Crippen molar-refractivity contribution in [3.63, 3.8) is 0 Å². The summed E-state index contributed by atoms with van der Waals surface area (Å²) >= 11 is 0. The zero-order valence-corrected chi connectivity index (χ0v) is 11.7. The Labute approximate surface area is 106 Å². The average molecular weight is 234 g/mol. The third-order valence-electron chi connectivity index (χ3n) is 3.25. The fourth-order valence-electron chi connectivity index (χ4n) is 1.99. The van der Waals surface area contributed by atoms with Crippen LogP contribution in [0.3, 0.4) is 0 Å². The number of benzene rings is 1. The molecular formula is C16H26O. The van der Waals surface area contributed by atoms with Crippen LogP contribution in [0, 0.1) is 0 Å². The van der Waals surface area contributed by atoms with Crippen LogP contribution in [-0.4, -0.2) is 5.11 Å². The highest BCUT2D eigenvalue weighted by Gasteiger charge is 2.15. The first-order valence-corrected chi connectivity index (χ1v) is 6.77. The summed E-state index contributed by atoms with van der Waals surface area (Å²) in [5.41, 5.74) is 2.57. The molecule has 0 aromatic heterocycles. The molecule has 0 aliphatic rings. The molecular weight excluding hydrogens is 208 g/mol. The van der Waals surface area contributed by atoms with Gasteiger partial charge in [-0.15, -0.1) is 0 Å². The molecule has 0 aliphatic heterocycles. The molecule has 1 nitrogen and oxygen atoms in total. The summed E-state index contributed by atoms with van der Waals surface area (Å²) in [4.78, 5) is 0. The number of phenols is 1. The molecule has 0 aliphatic carbocycles. The second kappa shape index (κ2) is 6.09. The summed E-state index contributed by atoms with van der Waals surface area (Å²) in [6.07, 6.45) is 5.98. The van der Waals surface area contributed by atoms with E-state index in [1.807, 2.05) is 12.1 Å². The van der Waals surface area contributed by atoms with Crippen molar-refractivity contribution in [2.45, 2.75) is 65.2 Å². The highest BCUT2D eigenvalue weighted by Crippen LogP contribution is 2.28. The van der Waals surface area contributed by atoms with Crippen molar-refractivity contribution in [3.8, 4) is 5.75 Å². The number of hydrogen-bond donors (Lipinski definition) is 1. The van der Waals surface area contributed by atoms with Crippen LogP contribution in [-0.2, 0) is 11.8 Å². The molecule has 0 atom stereocenters. The summed E-state index contributed by atoms with van der Waals surface area (Å²) in [6.45, 7) is 8.85. The smallest absolute Gasteiger partial charge is 0.118 e. The van der Waals surface area contributed by atoms with E-state index in [4.69, 9.17) is 0 Å². The molecule has 96 valence electrons. The maximum atomic E-state index is 9.86. The van der Waals surface area contributed by atoms with Gasteiger partial charge in [-0.3, -0.25) is 0 Å². The van der Waals surface area contributed by atoms with Crippen LogP contribution >= 0.6 is 0 Å². The van der Waals surface area contributed by atoms with E-state index in [0.29, 0.717) is 5.75 Å². The number of hydrogen-bond acceptors (Lipinski definition) is 1. The van der Waals surface area contributed by atoms with Gasteiger partial charge in [0, 0.05) is 0 Å². The fourth-order valence-corrected chi connectivity index (χ4v) is 1.99. The first-order chi connectivity index (χ1) is 7.95. The highest BCUT2D eigenvalue weighted by atomic mass is 16.3. The Hall–Kier alpha value is -0.980. The van der Waals surface area contributed by atoms with E-state index in [9.17, 15) is 5.11 Å². The molecule has 1 aromatic carbocycles. The molecule has 0 bridgehead atoms. The van der Waals surface area contributed by atoms with Crippen molar-refractivity contribution in [1.29, 1.82) is 0 Å². The SMILES string of the molecule is CCCCCCc1cc(C(C)(C)C)ccc1O. The molecule has 0 spiro atoms. The Morgan fingerprint density at radius 2 is 1.76 bits per heavy atom. The van der Waals surface area contributed by atoms with Crippen LogP contribution in [0.2, 0.25) is 0 Å². The minimum atomic E-state index is 0.159. The lowest BCUT2D eigenvalue weighted by Gasteiger charge is -2.20. The van der Waals surface area contributed by atoms with Crippen molar-refractivity contribution in [2.75, 3.05) is 0 Å². The quantitative estimate of drug-likeness (QED) is 0.725. The third-order valence-corrected chi connectivity index (χ3v) is 3.25. The molecule has 0 amide bonds. The monoisotopic (exact) mass is 234 g/mol. The van der Waals surface area contributed by atoms with Crippen molar-refractivity contribution in [2.24, 2.45) is 0 Å². The molecule has 0 unspecified atom stereocenters. The van der Waals surface area contributed by atoms with Crippen LogP contribution in [0.1, 0.15) is 64.5 Å². The van der Waals surface area contributed by atoms with E-state index in [0.717, 1.165) is 12.0 Å². The minimum absolute atomic E-state index is 0.159. The maximum absolute atomic E-state index is 9.86. The number of aromatic hydroxyl groups is 1. The Morgan fingerprint density at radius 3 is 2.35 bits per heavy atom. The second-order valence-electron chi connectivity index (χ2n) is 5.90. The normalized spacial score (nSPS) is 11.8. The van der Waals surface area contributed by atoms with Gasteiger partial charge in [0.25, 0.3) is 0 Å². The number of unbranched alkanes of at least 4 members (excludes halogenated alkanes) is 3. The lowest BCUT2D eigenvalue weighted by molar-refractivity contribution is 0.464. The molecule has 17 heavy (non-hydrogen) atoms. The summed E-state index contributed by atoms with van der Waals surface area (Å²) < 4.78 is 0. The second-order valence-corrected chi connectivity index (χ2v) is 5.90. The van der Waals surface area contributed by atoms with Gasteiger partial charge in [-0.1, -0.05) is 59.1 Å². The standard InChI is InChI=1S/C16H26O/c1-5-6-7-8-9-13-12-14(16(2,3)4)10-11-15(13)17/h10-12,17H,5-9H2,1-4H3. The topological polar surface area (TPSA) is 20.2 Å². The molecule has 1 aromatic rings. The molecule has 0 saturated carbocycles. The highest BCUT2D eigenvalue weighted by molar-refractivity contribution is 5.38. The van der Waals surface area contributed by atoms with Gasteiger partial charge in [-0.05, 0) is 35.4 Å². The van der Waals surface area contributed by atoms with Crippen LogP contribution in [0.5, 0.6) is 5.75 Å². The zero-order valence-electron chi connectivity index (χ0n) is 11.7. The molecule has 1 heteroatoms. The van der Waals surface area contributed by atoms with Crippen molar-refractivity contribution < 1.29 is 5.11 Å². The van der Waals surface area contributed by atoms with Gasteiger partial charge in [-0.25, -0.2) is 0 Å². The predicted molar refractivity (Wildman–Crippen MR) is 74.7 cm³/mol. The van der Waals surface area contributed by atoms with Gasteiger partial charge >= 0.3 is 0 Å². The maximum Gasteiger partial charge on any atom is 0.118 e. The average Bonchev–Trinajstić information content (AvgIpc) is 2.25. The van der Waals surface area contributed by atoms with Gasteiger partial charge in [-0.2, -0.15) is 0 Å². The van der Waals surface area contributed by atoms with E-state index >= 15 is 0 Å². The van der Waals surface area contributed by atoms with Crippen molar-refractivity contribution in [1.82, 2.24) is 0 Å². The molecule has 0 radical (unpaired) electrons. The lowest BCUT2D eigenvalue weighted by Crippen LogP contribution is -2.11. The van der Waals surface area contributed by atoms with Crippen LogP contribution in [0.25, 0.3) is 0 Å². The summed E-state index contributed by atoms with van der Waals surface area (Å²) in [7, 11) is 0. The van der Waals surface area contributed by atoms with Gasteiger partial charge < -0.3 is 5.11 Å². The van der Waals surface area contributed by atoms with Crippen LogP contribution in [0.15, 0.2) is 18.2 Å². The minimum Gasteiger partial charge on any atom is -0.508 e. The summed E-state index contributed by atoms with van der Waals surface area (Å²) in [5.74, 6) is 0.453. The number of phenolic OH excluding ortho intramolecular Hbond substituents is 1. The molecule has 0 heterocycles. The lowest BCUT2D eigenvalue weighted by atomic mass is 9.85. The van der Waals surface area contributed by atoms with E-state index < -0.39 is 0 Å². The predicted octanol–water partition coefficient (Wildman–Crippen LogP) is 4.81. The zero-order chi connectivity index (χ0) is 12.9. The summed E-state index contributed by atoms with van der Waals surface area (Å²) in [5, 5.41) is 9.86. The van der Waals surface area contributed by atoms with Crippen LogP contribution in [0.4, 0.5) is 0 Å². The molecule has 1 rings (SSSR count). The van der Waals surface area contributed by atoms with E-state index in [-0.39, 0.29) is 5.41 Å². The fraction of sp³-hybridized carbons (Fsp3) is 0.625. The number of aryl methyl sites for hydroxylation is 1. The molecule has 0 saturated heterocycles. The first-order valence-electron chi connectivity index (χ1n) is 6.77. The summed E-state index contributed by atoms with van der Waals surface area (Å²) in [6, 6.07) is 6.04. The third kappa shape index (κ3) is 4.41. The van der Waals surface area contributed by atoms with Gasteiger partial charge in [0.05, 0.1) is 0 Å². The largest absolute Gasteiger partial charge is 0.508 e. The van der Waals surface area contributed by atoms with E-state index in [1.54, 1.807) is 0 Å². The molecule has 1 N–H and O–H groups in total. The van der Waals surface area contributed by atoms with Crippen LogP contribution < -0.4 is 0 Å². The van der Waals surface area contributed by atoms with Crippen molar-refractivity contribution >= 4 is 0 Å². The van der Waals surface area contributed by atoms with Gasteiger partial charge in [0.1, 0.15) is 5.75 Å². The van der Waals surface area contributed by atoms with Crippen molar-refractivity contribution in [3.05, 3.63) is 29.3 Å². The Balaban J connectivity index is 2.70. The molecule has 0 fully saturated rings. The first kappa shape index (κ1) is 14.1. The van der Waals surface area contributed by atoms with Gasteiger partial charge in [0.2, 0.25) is 0 Å². The Morgan fingerprint density at radius 1 is 1.06 bits per heavy atom. The Bertz CT molecular complexity index is 347. The number of rotatable bonds is 5. The Kier molecular flexibility index (Phi) is 5.04. The van der Waals surface area contributed by atoms with E-state index in [1.165, 1.54) is 31.2 Å². The van der Waals surface area contributed by atoms with Gasteiger partial charge in [0.15, 0.2) is 0 Å².